The van der Waals surface area contributed by atoms with Crippen LogP contribution in [0.1, 0.15) is 87.5 Å². The van der Waals surface area contributed by atoms with Gasteiger partial charge in [-0.3, -0.25) is 0 Å². The average Bonchev–Trinajstić information content (AvgIpc) is 2.34. The van der Waals surface area contributed by atoms with E-state index in [2.05, 4.69) is 46.9 Å². The Bertz CT molecular complexity index is 47.4. The van der Waals surface area contributed by atoms with Crippen molar-refractivity contribution in [1.29, 1.82) is 0 Å². The van der Waals surface area contributed by atoms with Crippen LogP contribution in [0.5, 0.6) is 0 Å². The molecule has 0 unspecified atom stereocenters. The van der Waals surface area contributed by atoms with Crippen LogP contribution in [0.4, 0.5) is 0 Å². The van der Waals surface area contributed by atoms with Gasteiger partial charge in [0.25, 0.3) is 0 Å². The maximum Gasteiger partial charge on any atom is -0.00491 e. The molecular weight excluding hydrogens is 194 g/mol. The van der Waals surface area contributed by atoms with Gasteiger partial charge in [0.2, 0.25) is 0 Å². The van der Waals surface area contributed by atoms with E-state index in [1.165, 1.54) is 38.6 Å². The van der Waals surface area contributed by atoms with Crippen molar-refractivity contribution in [3.63, 3.8) is 0 Å². The minimum absolute atomic E-state index is 1.11. The maximum atomic E-state index is 3.25. The molecule has 0 aromatic rings. The van der Waals surface area contributed by atoms with E-state index < -0.39 is 0 Å². The predicted molar refractivity (Wildman–Crippen MR) is 81.3 cm³/mol. The van der Waals surface area contributed by atoms with Gasteiger partial charge in [-0.05, 0) is 19.5 Å². The molecule has 0 bridgehead atoms. The van der Waals surface area contributed by atoms with Crippen molar-refractivity contribution in [1.82, 2.24) is 5.32 Å². The maximum absolute atomic E-state index is 3.25. The van der Waals surface area contributed by atoms with E-state index in [9.17, 15) is 0 Å². The lowest BCUT2D eigenvalue weighted by Crippen LogP contribution is -2.13. The topological polar surface area (TPSA) is 12.0 Å². The van der Waals surface area contributed by atoms with Gasteiger partial charge in [-0.25, -0.2) is 0 Å². The summed E-state index contributed by atoms with van der Waals surface area (Å²) in [6, 6.07) is 0. The van der Waals surface area contributed by atoms with Gasteiger partial charge >= 0.3 is 0 Å². The zero-order valence-electron chi connectivity index (χ0n) is 13.4. The van der Waals surface area contributed by atoms with E-state index in [-0.39, 0.29) is 0 Å². The first-order valence-corrected chi connectivity index (χ1v) is 7.45. The van der Waals surface area contributed by atoms with Crippen LogP contribution in [-0.2, 0) is 0 Å². The lowest BCUT2D eigenvalue weighted by atomic mass is 10.3. The van der Waals surface area contributed by atoms with Crippen molar-refractivity contribution in [2.75, 3.05) is 13.1 Å². The molecule has 0 radical (unpaired) electrons. The second-order valence-electron chi connectivity index (χ2n) is 3.41. The van der Waals surface area contributed by atoms with Crippen molar-refractivity contribution in [3.8, 4) is 0 Å². The Morgan fingerprint density at radius 3 is 1.25 bits per heavy atom. The van der Waals surface area contributed by atoms with Gasteiger partial charge in [-0.15, -0.1) is 0 Å². The van der Waals surface area contributed by atoms with Crippen molar-refractivity contribution < 1.29 is 0 Å². The minimum Gasteiger partial charge on any atom is -0.317 e. The van der Waals surface area contributed by atoms with Crippen molar-refractivity contribution in [2.24, 2.45) is 0 Å². The zero-order chi connectivity index (χ0) is 13.7. The standard InChI is InChI=1S/C6H15N.C4H10.C3H8.C2H6/c1-3-5-6-7-4-2;1-3-4-2;1-3-2;1-2/h7H,3-6H2,1-2H3;3-4H2,1-2H3;3H2,1-2H3;1-2H3. The van der Waals surface area contributed by atoms with Crippen molar-refractivity contribution >= 4 is 0 Å². The van der Waals surface area contributed by atoms with Crippen LogP contribution in [0.2, 0.25) is 0 Å². The number of nitrogens with one attached hydrogen (secondary N) is 1. The number of hydrogen-bond acceptors (Lipinski definition) is 1. The molecule has 0 rings (SSSR count). The molecular formula is C15H39N. The van der Waals surface area contributed by atoms with Crippen LogP contribution >= 0.6 is 0 Å². The van der Waals surface area contributed by atoms with Gasteiger partial charge in [0.15, 0.2) is 0 Å². The molecule has 1 N–H and O–H groups in total. The Morgan fingerprint density at radius 2 is 1.06 bits per heavy atom. The first-order valence-electron chi connectivity index (χ1n) is 7.45. The Morgan fingerprint density at radius 1 is 0.688 bits per heavy atom. The first kappa shape index (κ1) is 25.0. The average molecular weight is 233 g/mol. The van der Waals surface area contributed by atoms with Crippen LogP contribution in [0.3, 0.4) is 0 Å². The van der Waals surface area contributed by atoms with E-state index in [1.807, 2.05) is 13.8 Å². The fourth-order valence-electron chi connectivity index (χ4n) is 0.479. The van der Waals surface area contributed by atoms with Crippen LogP contribution in [0.15, 0.2) is 0 Å². The van der Waals surface area contributed by atoms with Crippen molar-refractivity contribution in [3.05, 3.63) is 0 Å². The third kappa shape index (κ3) is 95.3. The Labute approximate surface area is 106 Å². The van der Waals surface area contributed by atoms with Gasteiger partial charge < -0.3 is 5.32 Å². The largest absolute Gasteiger partial charge is 0.317 e. The molecule has 0 aromatic carbocycles. The molecule has 0 aliphatic heterocycles. The molecule has 104 valence electrons. The van der Waals surface area contributed by atoms with Gasteiger partial charge in [0.1, 0.15) is 0 Å². The lowest BCUT2D eigenvalue weighted by molar-refractivity contribution is 0.663. The number of hydrogen-bond donors (Lipinski definition) is 1. The molecule has 0 aliphatic rings. The molecule has 1 heteroatoms. The summed E-state index contributed by atoms with van der Waals surface area (Å²) in [4.78, 5) is 0. The summed E-state index contributed by atoms with van der Waals surface area (Å²) in [5.41, 5.74) is 0. The molecule has 0 aliphatic carbocycles. The Kier molecular flexibility index (Phi) is 71.8. The second kappa shape index (κ2) is 46.0. The van der Waals surface area contributed by atoms with E-state index >= 15 is 0 Å². The Hall–Kier alpha value is -0.0400. The highest BCUT2D eigenvalue weighted by molar-refractivity contribution is 4.39. The summed E-state index contributed by atoms with van der Waals surface area (Å²) >= 11 is 0. The summed E-state index contributed by atoms with van der Waals surface area (Å²) < 4.78 is 0. The van der Waals surface area contributed by atoms with E-state index in [1.54, 1.807) is 0 Å². The van der Waals surface area contributed by atoms with Crippen LogP contribution in [-0.4, -0.2) is 13.1 Å². The fourth-order valence-corrected chi connectivity index (χ4v) is 0.479. The molecule has 0 spiro atoms. The van der Waals surface area contributed by atoms with Crippen LogP contribution in [0.25, 0.3) is 0 Å². The summed E-state index contributed by atoms with van der Waals surface area (Å²) in [5.74, 6) is 0. The molecule has 0 saturated heterocycles. The molecule has 0 amide bonds. The summed E-state index contributed by atoms with van der Waals surface area (Å²) in [6.07, 6.45) is 6.50. The highest BCUT2D eigenvalue weighted by Gasteiger charge is 1.77. The molecule has 0 heterocycles. The lowest BCUT2D eigenvalue weighted by Gasteiger charge is -1.95. The Balaban J connectivity index is -0.0000000685. The molecule has 0 saturated carbocycles. The predicted octanol–water partition coefficient (Wildman–Crippen LogP) is 5.64. The third-order valence-corrected chi connectivity index (χ3v) is 1.46. The quantitative estimate of drug-likeness (QED) is 0.605. The molecule has 0 aromatic heterocycles. The summed E-state index contributed by atoms with van der Waals surface area (Å²) in [6.45, 7) is 19.2. The molecule has 1 nitrogen and oxygen atoms in total. The minimum atomic E-state index is 1.11. The first-order chi connectivity index (χ1) is 7.74. The molecule has 16 heavy (non-hydrogen) atoms. The third-order valence-electron chi connectivity index (χ3n) is 1.46. The smallest absolute Gasteiger partial charge is 0.00491 e. The highest BCUT2D eigenvalue weighted by Crippen LogP contribution is 1.80. The second-order valence-corrected chi connectivity index (χ2v) is 3.41. The zero-order valence-corrected chi connectivity index (χ0v) is 13.4. The SMILES string of the molecule is CC.CCC.CCCC.CCCCNCC. The van der Waals surface area contributed by atoms with E-state index in [0.717, 1.165) is 6.54 Å². The number of unbranched alkanes of at least 4 members (excludes halogenated alkanes) is 2. The normalized spacial score (nSPS) is 7.50. The summed E-state index contributed by atoms with van der Waals surface area (Å²) in [5, 5.41) is 3.25. The highest BCUT2D eigenvalue weighted by atomic mass is 14.8. The fraction of sp³-hybridized carbons (Fsp3) is 1.00. The van der Waals surface area contributed by atoms with Gasteiger partial charge in [-0.2, -0.15) is 0 Å². The van der Waals surface area contributed by atoms with Gasteiger partial charge in [0, 0.05) is 0 Å². The van der Waals surface area contributed by atoms with Gasteiger partial charge in [0.05, 0.1) is 0 Å². The molecule has 0 atom stereocenters. The number of rotatable bonds is 5. The van der Waals surface area contributed by atoms with Gasteiger partial charge in [-0.1, -0.05) is 81.1 Å². The van der Waals surface area contributed by atoms with Crippen LogP contribution < -0.4 is 5.32 Å². The monoisotopic (exact) mass is 233 g/mol. The summed E-state index contributed by atoms with van der Waals surface area (Å²) in [7, 11) is 0. The van der Waals surface area contributed by atoms with E-state index in [4.69, 9.17) is 0 Å². The van der Waals surface area contributed by atoms with Crippen LogP contribution in [0, 0.1) is 0 Å². The van der Waals surface area contributed by atoms with Crippen molar-refractivity contribution in [2.45, 2.75) is 87.5 Å². The van der Waals surface area contributed by atoms with E-state index in [0.29, 0.717) is 0 Å². The molecule has 0 fully saturated rings.